The number of carbonyl (C=O) groups excluding carboxylic acids is 5. The Bertz CT molecular complexity index is 3260. The van der Waals surface area contributed by atoms with Gasteiger partial charge >= 0.3 is 6.09 Å². The lowest BCUT2D eigenvalue weighted by molar-refractivity contribution is -0.140. The summed E-state index contributed by atoms with van der Waals surface area (Å²) in [4.78, 5) is 91.4. The van der Waals surface area contributed by atoms with E-state index in [0.717, 1.165) is 11.4 Å². The second-order valence-electron chi connectivity index (χ2n) is 18.5. The first kappa shape index (κ1) is 51.1. The summed E-state index contributed by atoms with van der Waals surface area (Å²) in [5.74, 6) is -0.898. The van der Waals surface area contributed by atoms with Gasteiger partial charge in [0.2, 0.25) is 17.8 Å². The molecule has 0 unspecified atom stereocenters. The van der Waals surface area contributed by atoms with Crippen LogP contribution in [0.2, 0.25) is 0 Å². The number of hydrogen-bond acceptors (Lipinski definition) is 15. The van der Waals surface area contributed by atoms with Crippen molar-refractivity contribution < 1.29 is 38.3 Å². The molecule has 7 heterocycles. The van der Waals surface area contributed by atoms with E-state index in [2.05, 4.69) is 35.9 Å². The number of aromatic nitrogens is 10. The van der Waals surface area contributed by atoms with Gasteiger partial charge in [0.25, 0.3) is 11.8 Å². The van der Waals surface area contributed by atoms with Crippen molar-refractivity contribution in [1.82, 2.24) is 63.9 Å². The number of allylic oxidation sites excluding steroid dienone is 2. The number of amides is 5. The number of nitrogens with one attached hydrogen (secondary N) is 2. The van der Waals surface area contributed by atoms with Crippen molar-refractivity contribution in [2.75, 3.05) is 51.3 Å². The Labute approximate surface area is 419 Å². The number of pyridine rings is 1. The molecule has 1 fully saturated rings. The van der Waals surface area contributed by atoms with Gasteiger partial charge < -0.3 is 30.4 Å². The van der Waals surface area contributed by atoms with Gasteiger partial charge in [0.15, 0.2) is 18.1 Å². The second kappa shape index (κ2) is 21.6. The molecule has 0 aliphatic carbocycles. The Morgan fingerprint density at radius 3 is 2.18 bits per heavy atom. The fourth-order valence-electron chi connectivity index (χ4n) is 8.63. The van der Waals surface area contributed by atoms with Crippen molar-refractivity contribution in [2.24, 2.45) is 11.5 Å². The summed E-state index contributed by atoms with van der Waals surface area (Å²) in [6, 6.07) is 8.52. The standard InChI is InChI=1S/C49H60N16O8/c1-8-64-36(21-29(3)57-64)43-52-27-34-33-23-31(41(50)67)25-38(71-20-12-13-60-16-18-61(19-17-60)39(66)28-72-59-48(70)73-49(5,6)7)40(33)62(44(34)55-43)14-10-11-15-63-45-35(24-32(26-53-45)42(51)68)54-47(63)56-46(69)37-22-30(4)58-65(37)9-2/h10-11,21-27H,8-9,12-20,28H2,1-7H3,(H2,50,67)(H2,51,68)(H,59,70)(H,54,56,69)/b11-10+. The highest BCUT2D eigenvalue weighted by molar-refractivity contribution is 6.12. The Morgan fingerprint density at radius 2 is 1.48 bits per heavy atom. The third-order valence-electron chi connectivity index (χ3n) is 12.0. The SMILES string of the molecule is CCn1nc(C)cc1C(=O)Nc1nc2cc(C(N)=O)cnc2n1C/C=C/Cn1c2nc(-c3cc(C)nn3CC)ncc2c2cc(C(N)=O)cc(OCCCN3CCN(C(=O)CONC(=O)OC(C)(C)C)CC3)c21. The minimum Gasteiger partial charge on any atom is -0.491 e. The fraction of sp³-hybridized carbons (Fsp3) is 0.408. The Morgan fingerprint density at radius 1 is 0.781 bits per heavy atom. The van der Waals surface area contributed by atoms with Crippen LogP contribution in [0.4, 0.5) is 10.7 Å². The molecular formula is C49H60N16O8. The van der Waals surface area contributed by atoms with Crippen LogP contribution in [-0.4, -0.2) is 140 Å². The van der Waals surface area contributed by atoms with Gasteiger partial charge in [0.1, 0.15) is 33.9 Å². The van der Waals surface area contributed by atoms with Crippen molar-refractivity contribution in [3.8, 4) is 17.3 Å². The summed E-state index contributed by atoms with van der Waals surface area (Å²) < 4.78 is 18.9. The largest absolute Gasteiger partial charge is 0.491 e. The summed E-state index contributed by atoms with van der Waals surface area (Å²) >= 11 is 0. The van der Waals surface area contributed by atoms with Crippen molar-refractivity contribution in [3.63, 3.8) is 0 Å². The molecule has 1 aromatic carbocycles. The molecule has 1 saturated heterocycles. The second-order valence-corrected chi connectivity index (χ2v) is 18.5. The lowest BCUT2D eigenvalue weighted by atomic mass is 10.1. The fourth-order valence-corrected chi connectivity index (χ4v) is 8.63. The van der Waals surface area contributed by atoms with Gasteiger partial charge in [0, 0.05) is 87.6 Å². The molecule has 1 aliphatic heterocycles. The van der Waals surface area contributed by atoms with E-state index in [1.807, 2.05) is 55.2 Å². The Kier molecular flexibility index (Phi) is 15.1. The van der Waals surface area contributed by atoms with Gasteiger partial charge in [-0.1, -0.05) is 12.2 Å². The van der Waals surface area contributed by atoms with E-state index in [0.29, 0.717) is 108 Å². The number of anilines is 1. The number of aryl methyl sites for hydroxylation is 4. The number of carbonyl (C=O) groups is 5. The van der Waals surface area contributed by atoms with Crippen LogP contribution in [0, 0.1) is 13.8 Å². The van der Waals surface area contributed by atoms with Gasteiger partial charge in [-0.05, 0) is 85.2 Å². The zero-order valence-electron chi connectivity index (χ0n) is 42.0. The van der Waals surface area contributed by atoms with Crippen molar-refractivity contribution in [1.29, 1.82) is 0 Å². The molecular weight excluding hydrogens is 941 g/mol. The van der Waals surface area contributed by atoms with Crippen LogP contribution < -0.4 is 27.0 Å². The molecule has 73 heavy (non-hydrogen) atoms. The number of piperazine rings is 1. The highest BCUT2D eigenvalue weighted by atomic mass is 16.7. The molecule has 0 bridgehead atoms. The van der Waals surface area contributed by atoms with Crippen LogP contribution in [0.25, 0.3) is 44.6 Å². The molecule has 6 aromatic heterocycles. The van der Waals surface area contributed by atoms with Crippen molar-refractivity contribution in [2.45, 2.75) is 86.7 Å². The minimum absolute atomic E-state index is 0.166. The van der Waals surface area contributed by atoms with Gasteiger partial charge in [-0.25, -0.2) is 24.7 Å². The number of imidazole rings is 1. The van der Waals surface area contributed by atoms with E-state index >= 15 is 0 Å². The highest BCUT2D eigenvalue weighted by Gasteiger charge is 2.25. The molecule has 6 N–H and O–H groups in total. The molecule has 8 rings (SSSR count). The third kappa shape index (κ3) is 11.6. The highest BCUT2D eigenvalue weighted by Crippen LogP contribution is 2.37. The monoisotopic (exact) mass is 1000 g/mol. The predicted octanol–water partition coefficient (Wildman–Crippen LogP) is 4.12. The molecule has 0 atom stereocenters. The van der Waals surface area contributed by atoms with Crippen LogP contribution in [0.3, 0.4) is 0 Å². The van der Waals surface area contributed by atoms with E-state index < -0.39 is 29.4 Å². The first-order valence-corrected chi connectivity index (χ1v) is 24.0. The summed E-state index contributed by atoms with van der Waals surface area (Å²) in [6.07, 6.45) is 6.78. The van der Waals surface area contributed by atoms with Crippen LogP contribution >= 0.6 is 0 Å². The number of primary amides is 2. The molecule has 1 aliphatic rings. The quantitative estimate of drug-likeness (QED) is 0.0503. The Balaban J connectivity index is 1.05. The number of hydrogen-bond donors (Lipinski definition) is 4. The predicted molar refractivity (Wildman–Crippen MR) is 269 cm³/mol. The van der Waals surface area contributed by atoms with E-state index in [4.69, 9.17) is 35.7 Å². The zero-order valence-corrected chi connectivity index (χ0v) is 42.0. The van der Waals surface area contributed by atoms with Crippen LogP contribution in [0.5, 0.6) is 5.75 Å². The van der Waals surface area contributed by atoms with Gasteiger partial charge in [-0.2, -0.15) is 15.7 Å². The first-order valence-electron chi connectivity index (χ1n) is 24.0. The van der Waals surface area contributed by atoms with Crippen LogP contribution in [-0.2, 0) is 40.5 Å². The van der Waals surface area contributed by atoms with Gasteiger partial charge in [-0.15, -0.1) is 0 Å². The average Bonchev–Trinajstić information content (AvgIpc) is 4.11. The molecule has 0 radical (unpaired) electrons. The molecule has 24 nitrogen and oxygen atoms in total. The molecule has 24 heteroatoms. The summed E-state index contributed by atoms with van der Waals surface area (Å²) in [5.41, 5.74) is 18.0. The minimum atomic E-state index is -0.773. The molecule has 0 saturated carbocycles. The van der Waals surface area contributed by atoms with Gasteiger partial charge in [0.05, 0.1) is 29.1 Å². The maximum Gasteiger partial charge on any atom is 0.431 e. The Hall–Kier alpha value is -8.25. The molecule has 0 spiro atoms. The smallest absolute Gasteiger partial charge is 0.431 e. The maximum atomic E-state index is 13.7. The molecule has 5 amide bonds. The number of fused-ring (bicyclic) bond motifs is 4. The first-order chi connectivity index (χ1) is 34.9. The lowest BCUT2D eigenvalue weighted by Gasteiger charge is -2.34. The number of nitrogens with two attached hydrogens (primary N) is 2. The molecule has 7 aromatic rings. The molecule has 384 valence electrons. The van der Waals surface area contributed by atoms with E-state index in [-0.39, 0.29) is 49.3 Å². The number of nitrogens with zero attached hydrogens (tertiary/aromatic N) is 12. The van der Waals surface area contributed by atoms with Crippen LogP contribution in [0.15, 0.2) is 54.9 Å². The van der Waals surface area contributed by atoms with E-state index in [1.165, 1.54) is 12.3 Å². The summed E-state index contributed by atoms with van der Waals surface area (Å²) in [5, 5.41) is 13.3. The number of hydroxylamine groups is 1. The average molecular weight is 1000 g/mol. The number of ether oxygens (including phenoxy) is 2. The van der Waals surface area contributed by atoms with Gasteiger partial charge in [-0.3, -0.25) is 48.2 Å². The lowest BCUT2D eigenvalue weighted by Crippen LogP contribution is -2.50. The van der Waals surface area contributed by atoms with E-state index in [1.54, 1.807) is 59.3 Å². The van der Waals surface area contributed by atoms with Crippen LogP contribution in [0.1, 0.15) is 83.6 Å². The third-order valence-corrected chi connectivity index (χ3v) is 12.0. The summed E-state index contributed by atoms with van der Waals surface area (Å²) in [7, 11) is 0. The van der Waals surface area contributed by atoms with Crippen molar-refractivity contribution >= 4 is 68.8 Å². The van der Waals surface area contributed by atoms with Crippen molar-refractivity contribution in [3.05, 3.63) is 83.1 Å². The maximum absolute atomic E-state index is 13.7. The van der Waals surface area contributed by atoms with E-state index in [9.17, 15) is 24.0 Å². The number of benzene rings is 1. The topological polar surface area (TPSA) is 293 Å². The zero-order chi connectivity index (χ0) is 52.1. The summed E-state index contributed by atoms with van der Waals surface area (Å²) in [6.45, 7) is 17.2. The number of rotatable bonds is 19. The normalized spacial score (nSPS) is 13.4.